The van der Waals surface area contributed by atoms with Gasteiger partial charge in [-0.25, -0.2) is 4.98 Å². The molecular weight excluding hydrogens is 454 g/mol. The van der Waals surface area contributed by atoms with Gasteiger partial charge < -0.3 is 16.0 Å². The molecule has 1 aromatic heterocycles. The molecule has 184 valence electrons. The van der Waals surface area contributed by atoms with Crippen LogP contribution in [-0.4, -0.2) is 59.6 Å². The molecule has 9 heteroatoms. The summed E-state index contributed by atoms with van der Waals surface area (Å²) >= 11 is 0. The van der Waals surface area contributed by atoms with Gasteiger partial charge in [0.2, 0.25) is 5.91 Å². The molecule has 0 aliphatic carbocycles. The number of anilines is 3. The molecule has 1 fully saturated rings. The Morgan fingerprint density at radius 3 is 2.31 bits per heavy atom. The zero-order valence-electron chi connectivity index (χ0n) is 20.0. The minimum absolute atomic E-state index is 0.165. The van der Waals surface area contributed by atoms with Crippen molar-refractivity contribution in [3.63, 3.8) is 0 Å². The number of nitrogens with two attached hydrogens (primary N) is 1. The number of nitrogens with one attached hydrogen (secondary N) is 1. The number of primary amides is 1. The number of carbonyl (C=O) groups excluding carboxylic acids is 2. The van der Waals surface area contributed by atoms with E-state index in [4.69, 9.17) is 5.73 Å². The Morgan fingerprint density at radius 2 is 1.64 bits per heavy atom. The number of rotatable bonds is 7. The lowest BCUT2D eigenvalue weighted by Crippen LogP contribution is -2.46. The van der Waals surface area contributed by atoms with Gasteiger partial charge in [0.05, 0.1) is 5.69 Å². The van der Waals surface area contributed by atoms with Crippen LogP contribution in [0.15, 0.2) is 84.1 Å². The zero-order chi connectivity index (χ0) is 24.9. The van der Waals surface area contributed by atoms with Gasteiger partial charge >= 0.3 is 0 Å². The van der Waals surface area contributed by atoms with Gasteiger partial charge in [-0.05, 0) is 42.0 Å². The van der Waals surface area contributed by atoms with Crippen molar-refractivity contribution in [1.82, 2.24) is 9.88 Å². The summed E-state index contributed by atoms with van der Waals surface area (Å²) in [6.45, 7) is 4.67. The average Bonchev–Trinajstić information content (AvgIpc) is 3.38. The van der Waals surface area contributed by atoms with E-state index in [9.17, 15) is 9.59 Å². The number of hydrogen-bond donors (Lipinski definition) is 2. The van der Waals surface area contributed by atoms with E-state index in [1.807, 2.05) is 79.0 Å². The maximum Gasteiger partial charge on any atom is 0.271 e. The predicted molar refractivity (Wildman–Crippen MR) is 141 cm³/mol. The van der Waals surface area contributed by atoms with E-state index < -0.39 is 11.9 Å². The standard InChI is InChI=1S/C27H29N7O2/c28-26(35)24-18-23(31-34(24)22-6-2-1-3-7-22)27(36)30-21-11-9-20(10-12-21)19-32-14-16-33(17-15-32)25-8-4-5-13-29-25/h1-13,24H,14-19H2,(H2,28,35)(H,30,36)/t24-/m0/s1. The highest BCUT2D eigenvalue weighted by Crippen LogP contribution is 2.25. The number of para-hydroxylation sites is 1. The number of hydrazone groups is 1. The van der Waals surface area contributed by atoms with E-state index >= 15 is 0 Å². The molecule has 3 N–H and O–H groups in total. The van der Waals surface area contributed by atoms with Crippen molar-refractivity contribution in [2.24, 2.45) is 10.8 Å². The van der Waals surface area contributed by atoms with E-state index in [2.05, 4.69) is 25.2 Å². The van der Waals surface area contributed by atoms with Crippen LogP contribution in [0.1, 0.15) is 12.0 Å². The van der Waals surface area contributed by atoms with Crippen LogP contribution in [-0.2, 0) is 16.1 Å². The minimum Gasteiger partial charge on any atom is -0.368 e. The van der Waals surface area contributed by atoms with E-state index in [1.165, 1.54) is 10.6 Å². The van der Waals surface area contributed by atoms with E-state index in [1.54, 1.807) is 0 Å². The summed E-state index contributed by atoms with van der Waals surface area (Å²) in [6, 6.07) is 22.4. The number of pyridine rings is 1. The Bertz CT molecular complexity index is 1220. The van der Waals surface area contributed by atoms with Gasteiger partial charge in [0, 0.05) is 51.0 Å². The van der Waals surface area contributed by atoms with E-state index in [-0.39, 0.29) is 18.0 Å². The van der Waals surface area contributed by atoms with Crippen molar-refractivity contribution in [3.8, 4) is 0 Å². The predicted octanol–water partition coefficient (Wildman–Crippen LogP) is 2.46. The number of hydrogen-bond acceptors (Lipinski definition) is 7. The summed E-state index contributed by atoms with van der Waals surface area (Å²) in [5.74, 6) is 0.173. The van der Waals surface area contributed by atoms with Crippen LogP contribution in [0.3, 0.4) is 0 Å². The number of carbonyl (C=O) groups is 2. The number of amides is 2. The fourth-order valence-electron chi connectivity index (χ4n) is 4.52. The third kappa shape index (κ3) is 5.36. The maximum absolute atomic E-state index is 12.9. The molecule has 0 radical (unpaired) electrons. The molecule has 0 spiro atoms. The minimum atomic E-state index is -0.686. The lowest BCUT2D eigenvalue weighted by atomic mass is 10.1. The largest absolute Gasteiger partial charge is 0.368 e. The second-order valence-corrected chi connectivity index (χ2v) is 8.95. The van der Waals surface area contributed by atoms with Crippen molar-refractivity contribution in [3.05, 3.63) is 84.6 Å². The van der Waals surface area contributed by atoms with Gasteiger partial charge in [-0.2, -0.15) is 5.10 Å². The summed E-state index contributed by atoms with van der Waals surface area (Å²) in [4.78, 5) is 34.0. The lowest BCUT2D eigenvalue weighted by molar-refractivity contribution is -0.119. The van der Waals surface area contributed by atoms with Gasteiger partial charge in [-0.3, -0.25) is 19.5 Å². The second kappa shape index (κ2) is 10.6. The molecule has 0 unspecified atom stereocenters. The molecule has 2 aliphatic heterocycles. The molecule has 2 aliphatic rings. The van der Waals surface area contributed by atoms with Crippen LogP contribution < -0.4 is 21.0 Å². The molecule has 0 saturated carbocycles. The summed E-state index contributed by atoms with van der Waals surface area (Å²) < 4.78 is 0. The quantitative estimate of drug-likeness (QED) is 0.535. The van der Waals surface area contributed by atoms with Crippen LogP contribution in [0.4, 0.5) is 17.2 Å². The van der Waals surface area contributed by atoms with Crippen LogP contribution in [0.25, 0.3) is 0 Å². The molecule has 9 nitrogen and oxygen atoms in total. The third-order valence-electron chi connectivity index (χ3n) is 6.49. The average molecular weight is 484 g/mol. The molecule has 36 heavy (non-hydrogen) atoms. The molecule has 2 aromatic carbocycles. The first-order valence-corrected chi connectivity index (χ1v) is 12.1. The van der Waals surface area contributed by atoms with Crippen molar-refractivity contribution >= 4 is 34.7 Å². The van der Waals surface area contributed by atoms with Crippen molar-refractivity contribution in [1.29, 1.82) is 0 Å². The Balaban J connectivity index is 1.16. The summed E-state index contributed by atoms with van der Waals surface area (Å²) in [6.07, 6.45) is 2.00. The number of benzene rings is 2. The van der Waals surface area contributed by atoms with Crippen molar-refractivity contribution < 1.29 is 9.59 Å². The van der Waals surface area contributed by atoms with Crippen LogP contribution in [0.5, 0.6) is 0 Å². The van der Waals surface area contributed by atoms with Crippen LogP contribution in [0, 0.1) is 0 Å². The molecule has 3 heterocycles. The normalized spacial score (nSPS) is 18.1. The van der Waals surface area contributed by atoms with E-state index in [0.29, 0.717) is 11.4 Å². The molecular formula is C27H29N7O2. The Hall–Kier alpha value is -4.24. The molecule has 5 rings (SSSR count). The third-order valence-corrected chi connectivity index (χ3v) is 6.49. The van der Waals surface area contributed by atoms with Gasteiger partial charge in [-0.15, -0.1) is 0 Å². The Labute approximate surface area is 210 Å². The zero-order valence-corrected chi connectivity index (χ0v) is 20.0. The van der Waals surface area contributed by atoms with Gasteiger partial charge in [0.1, 0.15) is 17.6 Å². The highest BCUT2D eigenvalue weighted by atomic mass is 16.2. The lowest BCUT2D eigenvalue weighted by Gasteiger charge is -2.35. The first kappa shape index (κ1) is 23.5. The second-order valence-electron chi connectivity index (χ2n) is 8.95. The fraction of sp³-hybridized carbons (Fsp3) is 0.259. The summed E-state index contributed by atoms with van der Waals surface area (Å²) in [7, 11) is 0. The Kier molecular flexibility index (Phi) is 6.90. The first-order valence-electron chi connectivity index (χ1n) is 12.1. The van der Waals surface area contributed by atoms with Crippen molar-refractivity contribution in [2.75, 3.05) is 41.4 Å². The molecule has 1 atom stereocenters. The molecule has 0 bridgehead atoms. The monoisotopic (exact) mass is 483 g/mol. The van der Waals surface area contributed by atoms with Crippen LogP contribution >= 0.6 is 0 Å². The highest BCUT2D eigenvalue weighted by Gasteiger charge is 2.35. The molecule has 1 saturated heterocycles. The number of nitrogens with zero attached hydrogens (tertiary/aromatic N) is 5. The Morgan fingerprint density at radius 1 is 0.917 bits per heavy atom. The SMILES string of the molecule is NC(=O)[C@@H]1CC(C(=O)Nc2ccc(CN3CCN(c4ccccn4)CC3)cc2)=NN1c1ccccc1. The van der Waals surface area contributed by atoms with Crippen molar-refractivity contribution in [2.45, 2.75) is 19.0 Å². The summed E-state index contributed by atoms with van der Waals surface area (Å²) in [5.41, 5.74) is 8.43. The van der Waals surface area contributed by atoms with Gasteiger partial charge in [-0.1, -0.05) is 36.4 Å². The summed E-state index contributed by atoms with van der Waals surface area (Å²) in [5, 5.41) is 8.82. The highest BCUT2D eigenvalue weighted by molar-refractivity contribution is 6.44. The fourth-order valence-corrected chi connectivity index (χ4v) is 4.52. The molecule has 2 amide bonds. The molecule has 3 aromatic rings. The first-order chi connectivity index (χ1) is 17.6. The van der Waals surface area contributed by atoms with Crippen LogP contribution in [0.2, 0.25) is 0 Å². The maximum atomic E-state index is 12.9. The van der Waals surface area contributed by atoms with Gasteiger partial charge in [0.15, 0.2) is 0 Å². The van der Waals surface area contributed by atoms with Gasteiger partial charge in [0.25, 0.3) is 5.91 Å². The topological polar surface area (TPSA) is 107 Å². The number of piperazine rings is 1. The van der Waals surface area contributed by atoms with E-state index in [0.717, 1.165) is 38.5 Å². The number of aromatic nitrogens is 1. The smallest absolute Gasteiger partial charge is 0.271 e.